The van der Waals surface area contributed by atoms with E-state index in [0.29, 0.717) is 11.6 Å². The summed E-state index contributed by atoms with van der Waals surface area (Å²) < 4.78 is 6.19. The number of ether oxygens (including phenoxy) is 1. The van der Waals surface area contributed by atoms with E-state index in [1.807, 2.05) is 30.3 Å². The van der Waals surface area contributed by atoms with Gasteiger partial charge in [-0.05, 0) is 52.7 Å². The molecule has 0 radical (unpaired) electrons. The molecule has 2 heterocycles. The highest BCUT2D eigenvalue weighted by Gasteiger charge is 2.39. The third kappa shape index (κ3) is 3.54. The van der Waals surface area contributed by atoms with Crippen molar-refractivity contribution in [3.05, 3.63) is 35.9 Å². The van der Waals surface area contributed by atoms with Gasteiger partial charge in [0.1, 0.15) is 5.82 Å². The molecule has 1 N–H and O–H groups in total. The highest BCUT2D eigenvalue weighted by atomic mass is 16.5. The number of aromatic nitrogens is 1. The second-order valence-corrected chi connectivity index (χ2v) is 8.77. The smallest absolute Gasteiger partial charge is 0.252 e. The van der Waals surface area contributed by atoms with Crippen molar-refractivity contribution >= 4 is 22.6 Å². The van der Waals surface area contributed by atoms with Crippen LogP contribution in [-0.2, 0) is 4.74 Å². The lowest BCUT2D eigenvalue weighted by atomic mass is 9.98. The van der Waals surface area contributed by atoms with Crippen LogP contribution in [0.5, 0.6) is 0 Å². The zero-order valence-electron chi connectivity index (χ0n) is 16.0. The molecule has 1 aromatic carbocycles. The highest BCUT2D eigenvalue weighted by Crippen LogP contribution is 2.32. The van der Waals surface area contributed by atoms with Gasteiger partial charge < -0.3 is 15.0 Å². The molecule has 2 aliphatic rings. The molecule has 1 aromatic heterocycles. The quantitative estimate of drug-likeness (QED) is 0.917. The molecular formula is C21H27N3O2. The number of hydrogen-bond donors (Lipinski definition) is 1. The number of hydrogen-bond acceptors (Lipinski definition) is 4. The highest BCUT2D eigenvalue weighted by molar-refractivity contribution is 6.07. The van der Waals surface area contributed by atoms with Crippen LogP contribution in [0.4, 0.5) is 5.82 Å². The summed E-state index contributed by atoms with van der Waals surface area (Å²) in [6.07, 6.45) is 2.15. The van der Waals surface area contributed by atoms with Gasteiger partial charge in [0, 0.05) is 24.5 Å². The molecular weight excluding hydrogens is 326 g/mol. The maximum atomic E-state index is 12.8. The Kier molecular flexibility index (Phi) is 3.95. The minimum Gasteiger partial charge on any atom is -0.366 e. The predicted octanol–water partition coefficient (Wildman–Crippen LogP) is 3.52. The lowest BCUT2D eigenvalue weighted by Gasteiger charge is -2.47. The fraction of sp³-hybridized carbons (Fsp3) is 0.524. The number of carbonyl (C=O) groups excluding carboxylic acids is 1. The van der Waals surface area contributed by atoms with Crippen molar-refractivity contribution in [1.82, 2.24) is 10.3 Å². The third-order valence-electron chi connectivity index (χ3n) is 4.88. The number of morpholine rings is 1. The van der Waals surface area contributed by atoms with Gasteiger partial charge in [-0.2, -0.15) is 0 Å². The monoisotopic (exact) mass is 353 g/mol. The maximum absolute atomic E-state index is 12.8. The van der Waals surface area contributed by atoms with Crippen LogP contribution in [0.15, 0.2) is 30.3 Å². The fourth-order valence-corrected chi connectivity index (χ4v) is 3.95. The van der Waals surface area contributed by atoms with Gasteiger partial charge in [0.05, 0.1) is 22.3 Å². The number of fused-ring (bicyclic) bond motifs is 1. The van der Waals surface area contributed by atoms with Crippen molar-refractivity contribution < 1.29 is 9.53 Å². The number of rotatable bonds is 3. The van der Waals surface area contributed by atoms with E-state index in [9.17, 15) is 4.79 Å². The summed E-state index contributed by atoms with van der Waals surface area (Å²) in [4.78, 5) is 19.9. The Morgan fingerprint density at radius 2 is 1.81 bits per heavy atom. The molecule has 2 aromatic rings. The van der Waals surface area contributed by atoms with Gasteiger partial charge in [0.2, 0.25) is 0 Å². The van der Waals surface area contributed by atoms with E-state index in [0.717, 1.165) is 42.7 Å². The van der Waals surface area contributed by atoms with Crippen LogP contribution < -0.4 is 10.2 Å². The molecule has 4 rings (SSSR count). The van der Waals surface area contributed by atoms with Crippen molar-refractivity contribution in [1.29, 1.82) is 0 Å². The van der Waals surface area contributed by atoms with Gasteiger partial charge in [-0.25, -0.2) is 4.98 Å². The molecule has 1 aliphatic heterocycles. The Morgan fingerprint density at radius 3 is 2.46 bits per heavy atom. The van der Waals surface area contributed by atoms with Crippen molar-refractivity contribution in [2.75, 3.05) is 18.0 Å². The van der Waals surface area contributed by atoms with Gasteiger partial charge in [0.15, 0.2) is 0 Å². The van der Waals surface area contributed by atoms with E-state index in [2.05, 4.69) is 37.9 Å². The SMILES string of the molecule is CC1(C)CN(c2cc(C(=O)NC3CC3)c3ccccc3n2)CC(C)(C)O1. The number of pyridine rings is 1. The second kappa shape index (κ2) is 5.95. The first-order valence-electron chi connectivity index (χ1n) is 9.38. The van der Waals surface area contributed by atoms with E-state index in [4.69, 9.17) is 9.72 Å². The average molecular weight is 353 g/mol. The Morgan fingerprint density at radius 1 is 1.15 bits per heavy atom. The maximum Gasteiger partial charge on any atom is 0.252 e. The predicted molar refractivity (Wildman–Crippen MR) is 104 cm³/mol. The summed E-state index contributed by atoms with van der Waals surface area (Å²) in [5.41, 5.74) is 1.02. The minimum atomic E-state index is -0.272. The Hall–Kier alpha value is -2.14. The van der Waals surface area contributed by atoms with E-state index in [-0.39, 0.29) is 17.1 Å². The van der Waals surface area contributed by atoms with Crippen LogP contribution in [0.1, 0.15) is 50.9 Å². The molecule has 1 amide bonds. The van der Waals surface area contributed by atoms with Crippen molar-refractivity contribution in [3.8, 4) is 0 Å². The van der Waals surface area contributed by atoms with Crippen LogP contribution in [0.2, 0.25) is 0 Å². The molecule has 2 fully saturated rings. The molecule has 1 saturated carbocycles. The Labute approximate surface area is 154 Å². The lowest BCUT2D eigenvalue weighted by Crippen LogP contribution is -2.57. The molecule has 1 saturated heterocycles. The normalized spacial score (nSPS) is 21.6. The zero-order valence-corrected chi connectivity index (χ0v) is 16.0. The third-order valence-corrected chi connectivity index (χ3v) is 4.88. The van der Waals surface area contributed by atoms with Crippen LogP contribution >= 0.6 is 0 Å². The molecule has 1 aliphatic carbocycles. The Balaban J connectivity index is 1.76. The number of carbonyl (C=O) groups is 1. The molecule has 0 spiro atoms. The number of benzene rings is 1. The summed E-state index contributed by atoms with van der Waals surface area (Å²) in [7, 11) is 0. The number of anilines is 1. The van der Waals surface area contributed by atoms with E-state index < -0.39 is 0 Å². The van der Waals surface area contributed by atoms with Gasteiger partial charge >= 0.3 is 0 Å². The first-order chi connectivity index (χ1) is 12.2. The van der Waals surface area contributed by atoms with Crippen LogP contribution in [0.3, 0.4) is 0 Å². The van der Waals surface area contributed by atoms with Crippen molar-refractivity contribution in [2.45, 2.75) is 57.8 Å². The minimum absolute atomic E-state index is 0.000806. The number of amides is 1. The van der Waals surface area contributed by atoms with Crippen LogP contribution in [-0.4, -0.2) is 41.2 Å². The fourth-order valence-electron chi connectivity index (χ4n) is 3.95. The molecule has 0 bridgehead atoms. The molecule has 0 atom stereocenters. The number of nitrogens with one attached hydrogen (secondary N) is 1. The summed E-state index contributed by atoms with van der Waals surface area (Å²) in [6, 6.07) is 10.1. The molecule has 26 heavy (non-hydrogen) atoms. The summed E-state index contributed by atoms with van der Waals surface area (Å²) in [5, 5.41) is 4.02. The number of nitrogens with zero attached hydrogens (tertiary/aromatic N) is 2. The first kappa shape index (κ1) is 17.3. The average Bonchev–Trinajstić information content (AvgIpc) is 3.34. The molecule has 0 unspecified atom stereocenters. The topological polar surface area (TPSA) is 54.5 Å². The van der Waals surface area contributed by atoms with Gasteiger partial charge in [-0.15, -0.1) is 0 Å². The van der Waals surface area contributed by atoms with Gasteiger partial charge in [-0.1, -0.05) is 18.2 Å². The molecule has 5 heteroatoms. The van der Waals surface area contributed by atoms with Crippen LogP contribution in [0.25, 0.3) is 10.9 Å². The van der Waals surface area contributed by atoms with E-state index in [1.165, 1.54) is 0 Å². The molecule has 138 valence electrons. The summed E-state index contributed by atoms with van der Waals surface area (Å²) in [5.74, 6) is 0.841. The zero-order chi connectivity index (χ0) is 18.5. The van der Waals surface area contributed by atoms with E-state index >= 15 is 0 Å². The van der Waals surface area contributed by atoms with Gasteiger partial charge in [0.25, 0.3) is 5.91 Å². The number of para-hydroxylation sites is 1. The first-order valence-corrected chi connectivity index (χ1v) is 9.38. The molecule has 5 nitrogen and oxygen atoms in total. The summed E-state index contributed by atoms with van der Waals surface area (Å²) >= 11 is 0. The second-order valence-electron chi connectivity index (χ2n) is 8.77. The largest absolute Gasteiger partial charge is 0.366 e. The summed E-state index contributed by atoms with van der Waals surface area (Å²) in [6.45, 7) is 9.88. The lowest BCUT2D eigenvalue weighted by molar-refractivity contribution is -0.133. The standard InChI is InChI=1S/C21H27N3O2/c1-20(2)12-24(13-21(3,4)26-20)18-11-16(19(25)22-14-9-10-14)15-7-5-6-8-17(15)23-18/h5-8,11,14H,9-10,12-13H2,1-4H3,(H,22,25). The Bertz CT molecular complexity index is 839. The van der Waals surface area contributed by atoms with Crippen molar-refractivity contribution in [2.24, 2.45) is 0 Å². The van der Waals surface area contributed by atoms with Crippen LogP contribution in [0, 0.1) is 0 Å². The van der Waals surface area contributed by atoms with Crippen molar-refractivity contribution in [3.63, 3.8) is 0 Å². The van der Waals surface area contributed by atoms with Gasteiger partial charge in [-0.3, -0.25) is 4.79 Å². The van der Waals surface area contributed by atoms with E-state index in [1.54, 1.807) is 0 Å².